The van der Waals surface area contributed by atoms with E-state index in [1.807, 2.05) is 30.3 Å². The molecule has 0 saturated carbocycles. The van der Waals surface area contributed by atoms with E-state index in [0.29, 0.717) is 23.2 Å². The Morgan fingerprint density at radius 2 is 1.66 bits per heavy atom. The van der Waals surface area contributed by atoms with Crippen LogP contribution in [0.25, 0.3) is 6.08 Å². The molecule has 0 aliphatic rings. The van der Waals surface area contributed by atoms with Crippen molar-refractivity contribution in [2.24, 2.45) is 0 Å². The van der Waals surface area contributed by atoms with E-state index in [9.17, 15) is 18.0 Å². The minimum absolute atomic E-state index is 0.0418. The van der Waals surface area contributed by atoms with Crippen LogP contribution in [0.15, 0.2) is 72.8 Å². The molecule has 1 amide bonds. The lowest BCUT2D eigenvalue weighted by molar-refractivity contribution is -0.139. The van der Waals surface area contributed by atoms with Crippen molar-refractivity contribution in [3.05, 3.63) is 111 Å². The number of aryl methyl sites for hydroxylation is 1. The Morgan fingerprint density at radius 1 is 1.00 bits per heavy atom. The van der Waals surface area contributed by atoms with E-state index >= 15 is 0 Å². The van der Waals surface area contributed by atoms with Gasteiger partial charge in [-0.05, 0) is 53.4 Å². The van der Waals surface area contributed by atoms with E-state index in [1.54, 1.807) is 25.1 Å². The highest BCUT2D eigenvalue weighted by molar-refractivity contribution is 6.34. The number of benzene rings is 3. The third kappa shape index (κ3) is 6.38. The number of carbonyl (C=O) groups excluding carboxylic acids is 1. The second kappa shape index (κ2) is 10.2. The fourth-order valence-corrected chi connectivity index (χ4v) is 3.83. The summed E-state index contributed by atoms with van der Waals surface area (Å²) in [6.45, 7) is 2.13. The second-order valence-corrected chi connectivity index (χ2v) is 8.20. The van der Waals surface area contributed by atoms with Gasteiger partial charge in [0, 0.05) is 22.2 Å². The first-order valence-electron chi connectivity index (χ1n) is 9.77. The number of hydrogen-bond donors (Lipinski definition) is 1. The lowest BCUT2D eigenvalue weighted by Gasteiger charge is -2.18. The van der Waals surface area contributed by atoms with E-state index < -0.39 is 12.1 Å². The number of nitrogens with one attached hydrogen (secondary N) is 1. The van der Waals surface area contributed by atoms with Crippen LogP contribution >= 0.6 is 23.2 Å². The Morgan fingerprint density at radius 3 is 2.25 bits per heavy atom. The third-order valence-electron chi connectivity index (χ3n) is 4.87. The van der Waals surface area contributed by atoms with E-state index in [0.717, 1.165) is 11.6 Å². The maximum atomic E-state index is 13.7. The molecule has 3 aromatic carbocycles. The Kier molecular flexibility index (Phi) is 7.64. The summed E-state index contributed by atoms with van der Waals surface area (Å²) in [4.78, 5) is 12.5. The van der Waals surface area contributed by atoms with Crippen LogP contribution in [0, 0.1) is 6.92 Å². The van der Waals surface area contributed by atoms with Gasteiger partial charge in [-0.1, -0.05) is 77.8 Å². The summed E-state index contributed by atoms with van der Waals surface area (Å²) in [7, 11) is 0. The van der Waals surface area contributed by atoms with E-state index in [1.165, 1.54) is 24.3 Å². The van der Waals surface area contributed by atoms with Gasteiger partial charge in [0.05, 0.1) is 5.92 Å². The highest BCUT2D eigenvalue weighted by Gasteiger charge is 2.39. The highest BCUT2D eigenvalue weighted by atomic mass is 35.5. The Hall–Kier alpha value is -2.76. The maximum Gasteiger partial charge on any atom is 0.399 e. The summed E-state index contributed by atoms with van der Waals surface area (Å²) in [5, 5.41) is 3.12. The second-order valence-electron chi connectivity index (χ2n) is 7.32. The van der Waals surface area contributed by atoms with Gasteiger partial charge >= 0.3 is 6.18 Å². The van der Waals surface area contributed by atoms with Crippen molar-refractivity contribution >= 4 is 35.2 Å². The monoisotopic (exact) mass is 477 g/mol. The molecule has 1 N–H and O–H groups in total. The standard InChI is InChI=1S/C25H20Cl2F3NO/c1-16-11-17(7-9-22(16)24(32)31-15-18-5-3-2-4-6-18)8-10-23(25(28,29)30)19-12-20(26)14-21(27)13-19/h2-14,23H,15H2,1H3,(H,31,32)/b10-8+. The van der Waals surface area contributed by atoms with E-state index in [-0.39, 0.29) is 21.5 Å². The zero-order chi connectivity index (χ0) is 23.3. The summed E-state index contributed by atoms with van der Waals surface area (Å²) in [5.41, 5.74) is 2.60. The molecule has 0 saturated heterocycles. The molecule has 3 aromatic rings. The molecular weight excluding hydrogens is 458 g/mol. The van der Waals surface area contributed by atoms with Crippen LogP contribution in [0.5, 0.6) is 0 Å². The van der Waals surface area contributed by atoms with Crippen molar-refractivity contribution in [1.82, 2.24) is 5.32 Å². The average molecular weight is 478 g/mol. The van der Waals surface area contributed by atoms with Crippen LogP contribution in [0.3, 0.4) is 0 Å². The normalized spacial score (nSPS) is 12.7. The first-order valence-corrected chi connectivity index (χ1v) is 10.5. The van der Waals surface area contributed by atoms with Crippen LogP contribution < -0.4 is 5.32 Å². The summed E-state index contributed by atoms with van der Waals surface area (Å²) in [5.74, 6) is -2.11. The van der Waals surface area contributed by atoms with Gasteiger partial charge in [0.2, 0.25) is 0 Å². The summed E-state index contributed by atoms with van der Waals surface area (Å²) in [6, 6.07) is 18.3. The minimum atomic E-state index is -4.52. The number of alkyl halides is 3. The molecule has 0 aromatic heterocycles. The molecule has 0 heterocycles. The minimum Gasteiger partial charge on any atom is -0.348 e. The number of carbonyl (C=O) groups is 1. The van der Waals surface area contributed by atoms with Crippen LogP contribution in [0.4, 0.5) is 13.2 Å². The number of hydrogen-bond acceptors (Lipinski definition) is 1. The zero-order valence-electron chi connectivity index (χ0n) is 17.1. The van der Waals surface area contributed by atoms with Gasteiger partial charge in [0.1, 0.15) is 0 Å². The lowest BCUT2D eigenvalue weighted by atomic mass is 9.96. The molecule has 0 aliphatic carbocycles. The molecule has 1 atom stereocenters. The van der Waals surface area contributed by atoms with Crippen LogP contribution in [-0.4, -0.2) is 12.1 Å². The Bertz CT molecular complexity index is 1110. The van der Waals surface area contributed by atoms with Crippen molar-refractivity contribution in [1.29, 1.82) is 0 Å². The van der Waals surface area contributed by atoms with Crippen LogP contribution in [-0.2, 0) is 6.54 Å². The van der Waals surface area contributed by atoms with Crippen molar-refractivity contribution in [3.63, 3.8) is 0 Å². The molecular formula is C25H20Cl2F3NO. The van der Waals surface area contributed by atoms with Gasteiger partial charge < -0.3 is 5.32 Å². The molecule has 32 heavy (non-hydrogen) atoms. The van der Waals surface area contributed by atoms with Gasteiger partial charge in [0.25, 0.3) is 5.91 Å². The van der Waals surface area contributed by atoms with Gasteiger partial charge in [-0.2, -0.15) is 13.2 Å². The quantitative estimate of drug-likeness (QED) is 0.389. The van der Waals surface area contributed by atoms with E-state index in [2.05, 4.69) is 5.32 Å². The lowest BCUT2D eigenvalue weighted by Crippen LogP contribution is -2.23. The van der Waals surface area contributed by atoms with Crippen LogP contribution in [0.1, 0.15) is 38.5 Å². The molecule has 0 spiro atoms. The molecule has 0 bridgehead atoms. The SMILES string of the molecule is Cc1cc(/C=C/C(c2cc(Cl)cc(Cl)c2)C(F)(F)F)ccc1C(=O)NCc1ccccc1. The number of amides is 1. The molecule has 1 unspecified atom stereocenters. The molecule has 0 radical (unpaired) electrons. The third-order valence-corrected chi connectivity index (χ3v) is 5.31. The molecule has 2 nitrogen and oxygen atoms in total. The van der Waals surface area contributed by atoms with Gasteiger partial charge in [-0.15, -0.1) is 0 Å². The Balaban J connectivity index is 1.77. The van der Waals surface area contributed by atoms with Gasteiger partial charge in [0.15, 0.2) is 0 Å². The topological polar surface area (TPSA) is 29.1 Å². The van der Waals surface area contributed by atoms with Gasteiger partial charge in [-0.3, -0.25) is 4.79 Å². The van der Waals surface area contributed by atoms with Gasteiger partial charge in [-0.25, -0.2) is 0 Å². The fourth-order valence-electron chi connectivity index (χ4n) is 3.29. The van der Waals surface area contributed by atoms with Crippen molar-refractivity contribution in [2.75, 3.05) is 0 Å². The first-order chi connectivity index (χ1) is 15.1. The first kappa shape index (κ1) is 23.9. The number of halogens is 5. The van der Waals surface area contributed by atoms with Crippen molar-refractivity contribution < 1.29 is 18.0 Å². The summed E-state index contributed by atoms with van der Waals surface area (Å²) >= 11 is 11.8. The molecule has 0 aliphatic heterocycles. The van der Waals surface area contributed by atoms with Crippen molar-refractivity contribution in [2.45, 2.75) is 25.6 Å². The fraction of sp³-hybridized carbons (Fsp3) is 0.160. The molecule has 166 valence electrons. The predicted molar refractivity (Wildman–Crippen MR) is 123 cm³/mol. The average Bonchev–Trinajstić information content (AvgIpc) is 2.71. The molecule has 7 heteroatoms. The molecule has 3 rings (SSSR count). The summed E-state index contributed by atoms with van der Waals surface area (Å²) < 4.78 is 41.0. The largest absolute Gasteiger partial charge is 0.399 e. The van der Waals surface area contributed by atoms with E-state index in [4.69, 9.17) is 23.2 Å². The Labute approximate surface area is 194 Å². The zero-order valence-corrected chi connectivity index (χ0v) is 18.6. The van der Waals surface area contributed by atoms with Crippen LogP contribution in [0.2, 0.25) is 10.0 Å². The number of rotatable bonds is 6. The molecule has 0 fully saturated rings. The number of allylic oxidation sites excluding steroid dienone is 1. The maximum absolute atomic E-state index is 13.7. The smallest absolute Gasteiger partial charge is 0.348 e. The van der Waals surface area contributed by atoms with Crippen molar-refractivity contribution in [3.8, 4) is 0 Å². The predicted octanol–water partition coefficient (Wildman–Crippen LogP) is 7.59. The summed E-state index contributed by atoms with van der Waals surface area (Å²) in [6.07, 6.45) is -2.08. The highest BCUT2D eigenvalue weighted by Crippen LogP contribution is 2.38.